The third-order valence-electron chi connectivity index (χ3n) is 3.56. The van der Waals surface area contributed by atoms with Crippen LogP contribution in [0.1, 0.15) is 38.4 Å². The van der Waals surface area contributed by atoms with Crippen LogP contribution >= 0.6 is 0 Å². The molecule has 23 heavy (non-hydrogen) atoms. The van der Waals surface area contributed by atoms with Crippen molar-refractivity contribution in [3.05, 3.63) is 60.2 Å². The maximum Gasteiger partial charge on any atom is 0.224 e. The Kier molecular flexibility index (Phi) is 6.18. The predicted octanol–water partition coefficient (Wildman–Crippen LogP) is 3.89. The molecule has 0 heterocycles. The smallest absolute Gasteiger partial charge is 0.224 e. The SMILES string of the molecule is CC(N)CCC(=O)Nc1ccccc1OC(C)c1ccccc1. The minimum absolute atomic E-state index is 0.0188. The number of nitrogens with two attached hydrogens (primary N) is 1. The predicted molar refractivity (Wildman–Crippen MR) is 93.4 cm³/mol. The van der Waals surface area contributed by atoms with Gasteiger partial charge in [-0.1, -0.05) is 42.5 Å². The first kappa shape index (κ1) is 17.0. The van der Waals surface area contributed by atoms with Crippen molar-refractivity contribution in [2.24, 2.45) is 5.73 Å². The molecule has 0 saturated carbocycles. The third kappa shape index (κ3) is 5.42. The summed E-state index contributed by atoms with van der Waals surface area (Å²) < 4.78 is 6.02. The van der Waals surface area contributed by atoms with Crippen molar-refractivity contribution in [1.82, 2.24) is 0 Å². The zero-order valence-electron chi connectivity index (χ0n) is 13.7. The van der Waals surface area contributed by atoms with Gasteiger partial charge in [-0.05, 0) is 38.0 Å². The fourth-order valence-corrected chi connectivity index (χ4v) is 2.23. The van der Waals surface area contributed by atoms with E-state index >= 15 is 0 Å². The van der Waals surface area contributed by atoms with E-state index in [2.05, 4.69) is 5.32 Å². The highest BCUT2D eigenvalue weighted by Gasteiger charge is 2.12. The van der Waals surface area contributed by atoms with Gasteiger partial charge in [0.25, 0.3) is 0 Å². The molecular weight excluding hydrogens is 288 g/mol. The van der Waals surface area contributed by atoms with E-state index in [1.807, 2.05) is 68.4 Å². The lowest BCUT2D eigenvalue weighted by Crippen LogP contribution is -2.19. The number of carbonyl (C=O) groups is 1. The fraction of sp³-hybridized carbons (Fsp3) is 0.316. The van der Waals surface area contributed by atoms with Crippen LogP contribution in [0.25, 0.3) is 0 Å². The van der Waals surface area contributed by atoms with Crippen LogP contribution in [0.3, 0.4) is 0 Å². The number of nitrogens with one attached hydrogen (secondary N) is 1. The molecule has 1 amide bonds. The molecule has 0 saturated heterocycles. The van der Waals surface area contributed by atoms with E-state index in [9.17, 15) is 4.79 Å². The molecule has 2 aromatic carbocycles. The molecule has 2 rings (SSSR count). The Labute approximate surface area is 137 Å². The van der Waals surface area contributed by atoms with E-state index in [0.717, 1.165) is 5.56 Å². The molecular formula is C19H24N2O2. The monoisotopic (exact) mass is 312 g/mol. The first-order chi connectivity index (χ1) is 11.1. The number of para-hydroxylation sites is 2. The van der Waals surface area contributed by atoms with E-state index < -0.39 is 0 Å². The summed E-state index contributed by atoms with van der Waals surface area (Å²) in [5, 5.41) is 2.90. The van der Waals surface area contributed by atoms with Crippen LogP contribution < -0.4 is 15.8 Å². The highest BCUT2D eigenvalue weighted by molar-refractivity contribution is 5.92. The Morgan fingerprint density at radius 1 is 1.09 bits per heavy atom. The van der Waals surface area contributed by atoms with Gasteiger partial charge in [0, 0.05) is 12.5 Å². The first-order valence-electron chi connectivity index (χ1n) is 7.92. The summed E-state index contributed by atoms with van der Waals surface area (Å²) in [5.41, 5.74) is 7.46. The number of anilines is 1. The standard InChI is InChI=1S/C19H24N2O2/c1-14(20)12-13-19(22)21-17-10-6-7-11-18(17)23-15(2)16-8-4-3-5-9-16/h3-11,14-15H,12-13,20H2,1-2H3,(H,21,22). The molecule has 122 valence electrons. The van der Waals surface area contributed by atoms with E-state index in [1.54, 1.807) is 0 Å². The number of hydrogen-bond donors (Lipinski definition) is 2. The second kappa shape index (κ2) is 8.34. The van der Waals surface area contributed by atoms with E-state index in [0.29, 0.717) is 24.3 Å². The molecule has 2 aromatic rings. The van der Waals surface area contributed by atoms with Crippen molar-refractivity contribution in [2.45, 2.75) is 38.8 Å². The average molecular weight is 312 g/mol. The lowest BCUT2D eigenvalue weighted by Gasteiger charge is -2.18. The van der Waals surface area contributed by atoms with Crippen molar-refractivity contribution >= 4 is 11.6 Å². The highest BCUT2D eigenvalue weighted by atomic mass is 16.5. The summed E-state index contributed by atoms with van der Waals surface area (Å²) in [5.74, 6) is 0.615. The number of amides is 1. The summed E-state index contributed by atoms with van der Waals surface area (Å²) in [4.78, 5) is 12.0. The zero-order chi connectivity index (χ0) is 16.7. The number of hydrogen-bond acceptors (Lipinski definition) is 3. The fourth-order valence-electron chi connectivity index (χ4n) is 2.23. The van der Waals surface area contributed by atoms with Crippen LogP contribution in [-0.2, 0) is 4.79 Å². The Morgan fingerprint density at radius 3 is 2.43 bits per heavy atom. The van der Waals surface area contributed by atoms with Crippen molar-refractivity contribution < 1.29 is 9.53 Å². The normalized spacial score (nSPS) is 13.2. The molecule has 0 bridgehead atoms. The number of rotatable bonds is 7. The summed E-state index contributed by atoms with van der Waals surface area (Å²) in [6, 6.07) is 17.5. The Bertz CT molecular complexity index is 626. The Balaban J connectivity index is 2.04. The van der Waals surface area contributed by atoms with Gasteiger partial charge in [-0.25, -0.2) is 0 Å². The van der Waals surface area contributed by atoms with Gasteiger partial charge in [0.05, 0.1) is 5.69 Å². The maximum absolute atomic E-state index is 12.0. The molecule has 2 unspecified atom stereocenters. The quantitative estimate of drug-likeness (QED) is 0.815. The van der Waals surface area contributed by atoms with E-state index in [4.69, 9.17) is 10.5 Å². The highest BCUT2D eigenvalue weighted by Crippen LogP contribution is 2.29. The lowest BCUT2D eigenvalue weighted by atomic mass is 10.1. The van der Waals surface area contributed by atoms with Crippen LogP contribution in [0.5, 0.6) is 5.75 Å². The minimum Gasteiger partial charge on any atom is -0.484 e. The molecule has 0 aliphatic rings. The van der Waals surface area contributed by atoms with Gasteiger partial charge in [-0.15, -0.1) is 0 Å². The van der Waals surface area contributed by atoms with Gasteiger partial charge in [0.15, 0.2) is 0 Å². The van der Waals surface area contributed by atoms with Gasteiger partial charge < -0.3 is 15.8 Å². The zero-order valence-corrected chi connectivity index (χ0v) is 13.7. The summed E-state index contributed by atoms with van der Waals surface area (Å²) in [6.45, 7) is 3.88. The molecule has 0 aliphatic heterocycles. The molecule has 2 atom stereocenters. The second-order valence-corrected chi connectivity index (χ2v) is 5.73. The molecule has 4 nitrogen and oxygen atoms in total. The lowest BCUT2D eigenvalue weighted by molar-refractivity contribution is -0.116. The third-order valence-corrected chi connectivity index (χ3v) is 3.56. The molecule has 0 aromatic heterocycles. The van der Waals surface area contributed by atoms with Crippen molar-refractivity contribution in [3.63, 3.8) is 0 Å². The maximum atomic E-state index is 12.0. The number of carbonyl (C=O) groups excluding carboxylic acids is 1. The molecule has 0 radical (unpaired) electrons. The Morgan fingerprint density at radius 2 is 1.74 bits per heavy atom. The van der Waals surface area contributed by atoms with Crippen LogP contribution in [0.15, 0.2) is 54.6 Å². The van der Waals surface area contributed by atoms with E-state index in [1.165, 1.54) is 0 Å². The van der Waals surface area contributed by atoms with Gasteiger partial charge in [-0.2, -0.15) is 0 Å². The van der Waals surface area contributed by atoms with Gasteiger partial charge in [0.2, 0.25) is 5.91 Å². The van der Waals surface area contributed by atoms with Crippen LogP contribution in [0.4, 0.5) is 5.69 Å². The van der Waals surface area contributed by atoms with Crippen LogP contribution in [0.2, 0.25) is 0 Å². The van der Waals surface area contributed by atoms with E-state index in [-0.39, 0.29) is 18.1 Å². The van der Waals surface area contributed by atoms with Crippen LogP contribution in [-0.4, -0.2) is 11.9 Å². The summed E-state index contributed by atoms with van der Waals surface area (Å²) in [6.07, 6.45) is 0.966. The summed E-state index contributed by atoms with van der Waals surface area (Å²) >= 11 is 0. The topological polar surface area (TPSA) is 64.4 Å². The van der Waals surface area contributed by atoms with Crippen LogP contribution in [0, 0.1) is 0 Å². The number of benzene rings is 2. The van der Waals surface area contributed by atoms with Gasteiger partial charge >= 0.3 is 0 Å². The minimum atomic E-state index is -0.0988. The summed E-state index contributed by atoms with van der Waals surface area (Å²) in [7, 11) is 0. The molecule has 3 N–H and O–H groups in total. The van der Waals surface area contributed by atoms with Gasteiger partial charge in [-0.3, -0.25) is 4.79 Å². The van der Waals surface area contributed by atoms with Crippen molar-refractivity contribution in [3.8, 4) is 5.75 Å². The first-order valence-corrected chi connectivity index (χ1v) is 7.92. The van der Waals surface area contributed by atoms with Gasteiger partial charge in [0.1, 0.15) is 11.9 Å². The number of ether oxygens (including phenoxy) is 1. The molecule has 0 aliphatic carbocycles. The average Bonchev–Trinajstić information content (AvgIpc) is 2.55. The molecule has 0 spiro atoms. The largest absolute Gasteiger partial charge is 0.484 e. The van der Waals surface area contributed by atoms with Crippen molar-refractivity contribution in [1.29, 1.82) is 0 Å². The molecule has 4 heteroatoms. The Hall–Kier alpha value is -2.33. The van der Waals surface area contributed by atoms with Crippen molar-refractivity contribution in [2.75, 3.05) is 5.32 Å². The second-order valence-electron chi connectivity index (χ2n) is 5.73. The molecule has 0 fully saturated rings.